The molecule has 3 saturated carbocycles. The first-order chi connectivity index (χ1) is 20.7. The molecule has 1 heterocycles. The molecule has 256 valence electrons. The van der Waals surface area contributed by atoms with Crippen LogP contribution in [-0.4, -0.2) is 54.6 Å². The first-order valence-electron chi connectivity index (χ1n) is 17.4. The molecule has 0 spiro atoms. The van der Waals surface area contributed by atoms with Crippen molar-refractivity contribution in [3.05, 3.63) is 24.3 Å². The Hall–Kier alpha value is -1.70. The molecule has 2 bridgehead atoms. The van der Waals surface area contributed by atoms with Gasteiger partial charge in [-0.05, 0) is 87.4 Å². The van der Waals surface area contributed by atoms with Crippen LogP contribution in [0.4, 0.5) is 0 Å². The number of aliphatic carboxylic acids is 1. The second-order valence-corrected chi connectivity index (χ2v) is 17.4. The third kappa shape index (κ3) is 5.55. The number of carbonyl (C=O) groups excluding carboxylic acids is 1. The predicted molar refractivity (Wildman–Crippen MR) is 178 cm³/mol. The van der Waals surface area contributed by atoms with Crippen molar-refractivity contribution < 1.29 is 28.9 Å². The van der Waals surface area contributed by atoms with Crippen molar-refractivity contribution in [2.45, 2.75) is 126 Å². The maximum Gasteiger partial charge on any atom is 0.307 e. The Morgan fingerprint density at radius 3 is 2.29 bits per heavy atom. The fraction of sp³-hybridized carbons (Fsp3) is 0.842. The minimum absolute atomic E-state index is 0.131. The minimum atomic E-state index is -0.726. The lowest BCUT2D eigenvalue weighted by molar-refractivity contribution is -0.265. The van der Waals surface area contributed by atoms with E-state index in [1.807, 2.05) is 19.9 Å². The minimum Gasteiger partial charge on any atom is -0.481 e. The highest BCUT2D eigenvalue weighted by Crippen LogP contribution is 2.72. The molecule has 0 aromatic rings. The van der Waals surface area contributed by atoms with Crippen molar-refractivity contribution in [2.24, 2.45) is 62.4 Å². The van der Waals surface area contributed by atoms with Gasteiger partial charge < -0.3 is 25.1 Å². The Kier molecular flexibility index (Phi) is 9.70. The maximum absolute atomic E-state index is 13.4. The number of ether oxygens (including phenoxy) is 3. The fourth-order valence-electron chi connectivity index (χ4n) is 11.2. The molecule has 0 aromatic heterocycles. The summed E-state index contributed by atoms with van der Waals surface area (Å²) in [6.07, 6.45) is 7.81. The van der Waals surface area contributed by atoms with Crippen molar-refractivity contribution in [2.75, 3.05) is 19.8 Å². The van der Waals surface area contributed by atoms with E-state index >= 15 is 0 Å². The van der Waals surface area contributed by atoms with Gasteiger partial charge in [0.15, 0.2) is 0 Å². The second kappa shape index (κ2) is 12.1. The van der Waals surface area contributed by atoms with Crippen LogP contribution in [0.15, 0.2) is 24.3 Å². The molecule has 1 saturated heterocycles. The molecule has 11 atom stereocenters. The SMILES string of the molecule is C=C[C@@]1(C)[C@H](C(=O)O)[C@@](C)([C@H](C)C(C)C)CC[C@]1(C)[C@H]1CC[C@@H]2[C@@]3(COC[C@]2(C)[C@@H](OCC(C)(C)N)[C@H](OC(C)=O)C3)/C1=C/C. The van der Waals surface area contributed by atoms with Crippen LogP contribution in [-0.2, 0) is 23.8 Å². The van der Waals surface area contributed by atoms with Gasteiger partial charge in [0.1, 0.15) is 12.2 Å². The average Bonchev–Trinajstić information content (AvgIpc) is 2.92. The number of nitrogens with two attached hydrogens (primary N) is 1. The topological polar surface area (TPSA) is 108 Å². The van der Waals surface area contributed by atoms with Gasteiger partial charge in [-0.3, -0.25) is 9.59 Å². The van der Waals surface area contributed by atoms with Gasteiger partial charge in [0.2, 0.25) is 0 Å². The zero-order valence-electron chi connectivity index (χ0n) is 30.1. The second-order valence-electron chi connectivity index (χ2n) is 17.4. The Morgan fingerprint density at radius 2 is 1.78 bits per heavy atom. The highest BCUT2D eigenvalue weighted by molar-refractivity contribution is 5.73. The molecule has 3 N–H and O–H groups in total. The van der Waals surface area contributed by atoms with Gasteiger partial charge in [0.25, 0.3) is 0 Å². The van der Waals surface area contributed by atoms with Crippen molar-refractivity contribution in [1.82, 2.24) is 0 Å². The van der Waals surface area contributed by atoms with Gasteiger partial charge in [-0.1, -0.05) is 66.2 Å². The number of hydrogen-bond acceptors (Lipinski definition) is 6. The number of carboxylic acids is 1. The predicted octanol–water partition coefficient (Wildman–Crippen LogP) is 7.43. The van der Waals surface area contributed by atoms with E-state index in [1.54, 1.807) is 0 Å². The van der Waals surface area contributed by atoms with Crippen LogP contribution in [0.1, 0.15) is 108 Å². The molecule has 4 rings (SSSR count). The van der Waals surface area contributed by atoms with E-state index in [0.717, 1.165) is 25.7 Å². The lowest BCUT2D eigenvalue weighted by Crippen LogP contribution is -2.69. The van der Waals surface area contributed by atoms with Gasteiger partial charge in [-0.2, -0.15) is 0 Å². The molecule has 7 heteroatoms. The Bertz CT molecular complexity index is 1190. The Morgan fingerprint density at radius 1 is 1.13 bits per heavy atom. The van der Waals surface area contributed by atoms with Crippen LogP contribution < -0.4 is 5.73 Å². The summed E-state index contributed by atoms with van der Waals surface area (Å²) in [5.41, 5.74) is 5.06. The van der Waals surface area contributed by atoms with Gasteiger partial charge in [0.05, 0.1) is 25.7 Å². The van der Waals surface area contributed by atoms with Crippen molar-refractivity contribution >= 4 is 11.9 Å². The third-order valence-electron chi connectivity index (χ3n) is 13.9. The monoisotopic (exact) mass is 629 g/mol. The zero-order valence-corrected chi connectivity index (χ0v) is 30.1. The molecule has 4 aliphatic rings. The first-order valence-corrected chi connectivity index (χ1v) is 17.4. The van der Waals surface area contributed by atoms with Gasteiger partial charge >= 0.3 is 11.9 Å². The van der Waals surface area contributed by atoms with E-state index in [0.29, 0.717) is 32.2 Å². The quantitative estimate of drug-likeness (QED) is 0.202. The van der Waals surface area contributed by atoms with Crippen LogP contribution in [0, 0.1) is 56.7 Å². The van der Waals surface area contributed by atoms with E-state index < -0.39 is 28.9 Å². The van der Waals surface area contributed by atoms with Crippen LogP contribution in [0.25, 0.3) is 0 Å². The summed E-state index contributed by atoms with van der Waals surface area (Å²) in [4.78, 5) is 25.9. The van der Waals surface area contributed by atoms with Crippen LogP contribution in [0.5, 0.6) is 0 Å². The highest BCUT2D eigenvalue weighted by Gasteiger charge is 2.70. The summed E-state index contributed by atoms with van der Waals surface area (Å²) < 4.78 is 19.3. The van der Waals surface area contributed by atoms with Gasteiger partial charge in [-0.15, -0.1) is 6.58 Å². The molecule has 0 amide bonds. The molecule has 3 aliphatic carbocycles. The lowest BCUT2D eigenvalue weighted by Gasteiger charge is -2.69. The summed E-state index contributed by atoms with van der Waals surface area (Å²) in [5, 5.41) is 11.0. The summed E-state index contributed by atoms with van der Waals surface area (Å²) in [6, 6.07) is 0. The summed E-state index contributed by atoms with van der Waals surface area (Å²) in [6.45, 7) is 28.9. The number of rotatable bonds is 9. The third-order valence-corrected chi connectivity index (χ3v) is 13.9. The van der Waals surface area contributed by atoms with Crippen LogP contribution >= 0.6 is 0 Å². The summed E-state index contributed by atoms with van der Waals surface area (Å²) in [7, 11) is 0. The standard InChI is InChI=1S/C38H63NO6/c1-13-26-27(37(12)18-17-34(9,24(5)23(3)4)30(32(41)42)36(37,11)14-2)15-16-29-35(10)21-43-22-38(26,29)19-28(45-25(6)40)31(35)44-20-33(7,8)39/h13-14,23-24,27-31H,2,15-22,39H2,1,3-12H3,(H,41,42)/b26-13+/t24-,27+,28-,29+,30-,31+,34-,35+,36+,37-,38+/m1/s1. The molecular formula is C38H63NO6. The molecule has 0 aromatic carbocycles. The molecule has 7 nitrogen and oxygen atoms in total. The van der Waals surface area contributed by atoms with Crippen LogP contribution in [0.3, 0.4) is 0 Å². The van der Waals surface area contributed by atoms with E-state index in [4.69, 9.17) is 19.9 Å². The zero-order chi connectivity index (χ0) is 34.0. The van der Waals surface area contributed by atoms with Crippen molar-refractivity contribution in [1.29, 1.82) is 0 Å². The number of carbonyl (C=O) groups is 2. The Labute approximate surface area is 273 Å². The van der Waals surface area contributed by atoms with Crippen molar-refractivity contribution in [3.8, 4) is 0 Å². The van der Waals surface area contributed by atoms with E-state index in [2.05, 4.69) is 68.0 Å². The molecule has 4 fully saturated rings. The van der Waals surface area contributed by atoms with Gasteiger partial charge in [0, 0.05) is 28.7 Å². The largest absolute Gasteiger partial charge is 0.481 e. The highest BCUT2D eigenvalue weighted by atomic mass is 16.6. The number of allylic oxidation sites excluding steroid dienone is 2. The van der Waals surface area contributed by atoms with E-state index in [-0.39, 0.29) is 51.5 Å². The molecule has 0 radical (unpaired) electrons. The van der Waals surface area contributed by atoms with E-state index in [9.17, 15) is 14.7 Å². The smallest absolute Gasteiger partial charge is 0.307 e. The first kappa shape index (κ1) is 36.1. The molecule has 1 aliphatic heterocycles. The average molecular weight is 630 g/mol. The Balaban J connectivity index is 1.83. The number of esters is 1. The normalized spacial score (nSPS) is 45.1. The molecular weight excluding hydrogens is 566 g/mol. The summed E-state index contributed by atoms with van der Waals surface area (Å²) in [5.74, 6) is -0.603. The molecule has 0 unspecified atom stereocenters. The van der Waals surface area contributed by atoms with Crippen molar-refractivity contribution in [3.63, 3.8) is 0 Å². The lowest BCUT2D eigenvalue weighted by atomic mass is 9.36. The maximum atomic E-state index is 13.4. The molecule has 45 heavy (non-hydrogen) atoms. The number of carboxylic acid groups (broad SMARTS) is 1. The van der Waals surface area contributed by atoms with Crippen LogP contribution in [0.2, 0.25) is 0 Å². The fourth-order valence-corrected chi connectivity index (χ4v) is 11.2. The van der Waals surface area contributed by atoms with Gasteiger partial charge in [-0.25, -0.2) is 0 Å². The summed E-state index contributed by atoms with van der Waals surface area (Å²) >= 11 is 0. The number of hydrogen-bond donors (Lipinski definition) is 2. The van der Waals surface area contributed by atoms with E-state index in [1.165, 1.54) is 12.5 Å².